The molecule has 0 saturated carbocycles. The molecule has 0 aromatic heterocycles. The third kappa shape index (κ3) is 4.31. The average Bonchev–Trinajstić information content (AvgIpc) is 2.38. The van der Waals surface area contributed by atoms with E-state index in [-0.39, 0.29) is 12.5 Å². The molecule has 1 aromatic carbocycles. The van der Waals surface area contributed by atoms with E-state index in [0.29, 0.717) is 19.7 Å². The number of ether oxygens (including phenoxy) is 1. The molecule has 1 atom stereocenters. The molecular weight excluding hydrogens is 310 g/mol. The zero-order valence-electron chi connectivity index (χ0n) is 10.3. The lowest BCUT2D eigenvalue weighted by Gasteiger charge is -2.28. The highest BCUT2D eigenvalue weighted by molar-refractivity contribution is 9.10. The highest BCUT2D eigenvalue weighted by Crippen LogP contribution is 2.15. The summed E-state index contributed by atoms with van der Waals surface area (Å²) < 4.78 is 6.15. The van der Waals surface area contributed by atoms with Crippen molar-refractivity contribution < 1.29 is 9.53 Å². The molecule has 1 amide bonds. The lowest BCUT2D eigenvalue weighted by atomic mass is 10.3. The van der Waals surface area contributed by atoms with Crippen molar-refractivity contribution in [3.05, 3.63) is 28.7 Å². The number of nitrogens with zero attached hydrogens (tertiary/aromatic N) is 2. The smallest absolute Gasteiger partial charge is 0.238 e. The van der Waals surface area contributed by atoms with E-state index in [1.54, 1.807) is 0 Å². The van der Waals surface area contributed by atoms with Crippen LogP contribution < -0.4 is 5.32 Å². The zero-order valence-corrected chi connectivity index (χ0v) is 11.9. The summed E-state index contributed by atoms with van der Waals surface area (Å²) in [5, 5.41) is 11.6. The monoisotopic (exact) mass is 323 g/mol. The van der Waals surface area contributed by atoms with Crippen molar-refractivity contribution in [2.24, 2.45) is 0 Å². The molecule has 6 heteroatoms. The highest BCUT2D eigenvalue weighted by Gasteiger charge is 2.21. The van der Waals surface area contributed by atoms with Crippen LogP contribution in [0.25, 0.3) is 0 Å². The van der Waals surface area contributed by atoms with E-state index in [1.807, 2.05) is 29.2 Å². The van der Waals surface area contributed by atoms with Crippen LogP contribution in [0.2, 0.25) is 0 Å². The van der Waals surface area contributed by atoms with Gasteiger partial charge in [0, 0.05) is 23.2 Å². The van der Waals surface area contributed by atoms with Crippen molar-refractivity contribution in [1.29, 1.82) is 5.26 Å². The van der Waals surface area contributed by atoms with Crippen LogP contribution in [0.3, 0.4) is 0 Å². The van der Waals surface area contributed by atoms with E-state index < -0.39 is 6.10 Å². The maximum atomic E-state index is 11.9. The van der Waals surface area contributed by atoms with Gasteiger partial charge in [0.1, 0.15) is 0 Å². The van der Waals surface area contributed by atoms with Crippen molar-refractivity contribution in [1.82, 2.24) is 4.90 Å². The van der Waals surface area contributed by atoms with Crippen LogP contribution in [-0.4, -0.2) is 43.2 Å². The van der Waals surface area contributed by atoms with Gasteiger partial charge in [-0.1, -0.05) is 22.0 Å². The molecular formula is C13H14BrN3O2. The molecule has 19 heavy (non-hydrogen) atoms. The number of morpholine rings is 1. The van der Waals surface area contributed by atoms with E-state index in [4.69, 9.17) is 10.00 Å². The minimum absolute atomic E-state index is 0.0864. The van der Waals surface area contributed by atoms with Crippen LogP contribution in [0, 0.1) is 11.3 Å². The first-order chi connectivity index (χ1) is 9.17. The second-order valence-electron chi connectivity index (χ2n) is 4.28. The number of nitriles is 1. The molecule has 1 heterocycles. The summed E-state index contributed by atoms with van der Waals surface area (Å²) in [5.41, 5.74) is 0.754. The summed E-state index contributed by atoms with van der Waals surface area (Å²) in [6.07, 6.45) is -0.438. The van der Waals surface area contributed by atoms with E-state index >= 15 is 0 Å². The molecule has 0 aliphatic carbocycles. The van der Waals surface area contributed by atoms with Gasteiger partial charge in [-0.3, -0.25) is 9.69 Å². The lowest BCUT2D eigenvalue weighted by Crippen LogP contribution is -2.45. The topological polar surface area (TPSA) is 65.4 Å². The van der Waals surface area contributed by atoms with E-state index in [2.05, 4.69) is 27.3 Å². The Bertz CT molecular complexity index is 501. The molecule has 100 valence electrons. The minimum Gasteiger partial charge on any atom is -0.361 e. The Morgan fingerprint density at radius 3 is 3.21 bits per heavy atom. The van der Waals surface area contributed by atoms with Crippen LogP contribution in [-0.2, 0) is 9.53 Å². The zero-order chi connectivity index (χ0) is 13.7. The molecule has 1 aliphatic rings. The van der Waals surface area contributed by atoms with Crippen LogP contribution >= 0.6 is 15.9 Å². The van der Waals surface area contributed by atoms with Gasteiger partial charge in [-0.15, -0.1) is 0 Å². The first kappa shape index (κ1) is 14.0. The molecule has 0 radical (unpaired) electrons. The van der Waals surface area contributed by atoms with Gasteiger partial charge in [-0.25, -0.2) is 0 Å². The molecule has 2 rings (SSSR count). The Hall–Kier alpha value is -1.42. The molecule has 1 saturated heterocycles. The number of anilines is 1. The number of hydrogen-bond acceptors (Lipinski definition) is 4. The van der Waals surface area contributed by atoms with E-state index in [0.717, 1.165) is 10.2 Å². The number of carbonyl (C=O) groups excluding carboxylic acids is 1. The summed E-state index contributed by atoms with van der Waals surface area (Å²) in [7, 11) is 0. The van der Waals surface area contributed by atoms with Crippen molar-refractivity contribution in [2.75, 3.05) is 31.6 Å². The third-order valence-corrected chi connectivity index (χ3v) is 3.26. The number of rotatable bonds is 3. The fraction of sp³-hybridized carbons (Fsp3) is 0.385. The largest absolute Gasteiger partial charge is 0.361 e. The van der Waals surface area contributed by atoms with Gasteiger partial charge < -0.3 is 10.1 Å². The molecule has 1 N–H and O–H groups in total. The molecule has 0 spiro atoms. The average molecular weight is 324 g/mol. The fourth-order valence-electron chi connectivity index (χ4n) is 1.89. The number of carbonyl (C=O) groups is 1. The first-order valence-corrected chi connectivity index (χ1v) is 6.75. The molecule has 5 nitrogen and oxygen atoms in total. The molecule has 1 fully saturated rings. The Morgan fingerprint density at radius 1 is 1.63 bits per heavy atom. The van der Waals surface area contributed by atoms with Crippen molar-refractivity contribution in [3.63, 3.8) is 0 Å². The number of benzene rings is 1. The Kier molecular flexibility index (Phi) is 4.91. The molecule has 0 bridgehead atoms. The second kappa shape index (κ2) is 6.66. The predicted molar refractivity (Wildman–Crippen MR) is 74.6 cm³/mol. The Balaban J connectivity index is 1.86. The van der Waals surface area contributed by atoms with E-state index in [9.17, 15) is 4.79 Å². The summed E-state index contributed by atoms with van der Waals surface area (Å²) in [6, 6.07) is 9.50. The van der Waals surface area contributed by atoms with Gasteiger partial charge in [0.2, 0.25) is 5.91 Å². The van der Waals surface area contributed by atoms with Gasteiger partial charge in [0.15, 0.2) is 6.10 Å². The number of amides is 1. The van der Waals surface area contributed by atoms with Crippen molar-refractivity contribution in [2.45, 2.75) is 6.10 Å². The second-order valence-corrected chi connectivity index (χ2v) is 5.20. The maximum Gasteiger partial charge on any atom is 0.238 e. The van der Waals surface area contributed by atoms with Gasteiger partial charge in [-0.2, -0.15) is 5.26 Å². The maximum absolute atomic E-state index is 11.9. The van der Waals surface area contributed by atoms with Crippen LogP contribution in [0.4, 0.5) is 5.69 Å². The van der Waals surface area contributed by atoms with Gasteiger partial charge in [0.05, 0.1) is 19.2 Å². The van der Waals surface area contributed by atoms with E-state index in [1.165, 1.54) is 0 Å². The lowest BCUT2D eigenvalue weighted by molar-refractivity contribution is -0.118. The number of nitrogens with one attached hydrogen (secondary N) is 1. The Labute approximate surface area is 120 Å². The number of halogens is 1. The summed E-state index contributed by atoms with van der Waals surface area (Å²) in [5.74, 6) is -0.0864. The Morgan fingerprint density at radius 2 is 2.47 bits per heavy atom. The normalized spacial score (nSPS) is 19.7. The van der Waals surface area contributed by atoms with Crippen molar-refractivity contribution in [3.8, 4) is 6.07 Å². The van der Waals surface area contributed by atoms with Gasteiger partial charge in [0.25, 0.3) is 0 Å². The summed E-state index contributed by atoms with van der Waals surface area (Å²) in [4.78, 5) is 13.8. The van der Waals surface area contributed by atoms with Crippen molar-refractivity contribution >= 4 is 27.5 Å². The number of hydrogen-bond donors (Lipinski definition) is 1. The minimum atomic E-state index is -0.438. The van der Waals surface area contributed by atoms with Gasteiger partial charge in [-0.05, 0) is 18.2 Å². The summed E-state index contributed by atoms with van der Waals surface area (Å²) >= 11 is 3.35. The molecule has 1 aromatic rings. The van der Waals surface area contributed by atoms with Crippen LogP contribution in [0.1, 0.15) is 0 Å². The highest BCUT2D eigenvalue weighted by atomic mass is 79.9. The quantitative estimate of drug-likeness (QED) is 0.917. The third-order valence-electron chi connectivity index (χ3n) is 2.77. The standard InChI is InChI=1S/C13H14BrN3O2/c14-10-2-1-3-11(6-10)16-13(18)9-17-4-5-19-12(7-15)8-17/h1-3,6,12H,4-5,8-9H2,(H,16,18). The summed E-state index contributed by atoms with van der Waals surface area (Å²) in [6.45, 7) is 1.91. The van der Waals surface area contributed by atoms with Crippen LogP contribution in [0.5, 0.6) is 0 Å². The molecule has 1 unspecified atom stereocenters. The predicted octanol–water partition coefficient (Wildman–Crippen LogP) is 1.61. The van der Waals surface area contributed by atoms with Gasteiger partial charge >= 0.3 is 0 Å². The SMILES string of the molecule is N#CC1CN(CC(=O)Nc2cccc(Br)c2)CCO1. The molecule has 1 aliphatic heterocycles. The first-order valence-electron chi connectivity index (χ1n) is 5.96. The fourth-order valence-corrected chi connectivity index (χ4v) is 2.29. The van der Waals surface area contributed by atoms with Crippen LogP contribution in [0.15, 0.2) is 28.7 Å².